The Bertz CT molecular complexity index is 764. The number of rotatable bonds is 13. The second kappa shape index (κ2) is 12.9. The maximum Gasteiger partial charge on any atom is 0.308 e. The minimum Gasteiger partial charge on any atom is -0.433 e. The fraction of sp³-hybridized carbons (Fsp3) is 0.933. The van der Waals surface area contributed by atoms with Crippen molar-refractivity contribution < 1.29 is 39.0 Å². The van der Waals surface area contributed by atoms with E-state index in [1.54, 1.807) is 14.2 Å². The molecule has 40 heavy (non-hydrogen) atoms. The third-order valence-electron chi connectivity index (χ3n) is 8.02. The van der Waals surface area contributed by atoms with Crippen LogP contribution in [0.3, 0.4) is 0 Å². The number of carbonyl (C=O) groups is 2. The van der Waals surface area contributed by atoms with Crippen molar-refractivity contribution in [3.8, 4) is 0 Å². The van der Waals surface area contributed by atoms with Crippen molar-refractivity contribution in [3.63, 3.8) is 0 Å². The zero-order valence-corrected chi connectivity index (χ0v) is 26.7. The van der Waals surface area contributed by atoms with Crippen LogP contribution in [-0.4, -0.2) is 80.2 Å². The Morgan fingerprint density at radius 3 is 1.05 bits per heavy atom. The molecule has 2 saturated heterocycles. The Morgan fingerprint density at radius 1 is 0.550 bits per heavy atom. The highest BCUT2D eigenvalue weighted by molar-refractivity contribution is 5.70. The van der Waals surface area contributed by atoms with Crippen LogP contribution in [0.1, 0.15) is 132 Å². The number of nitrogens with zero attached hydrogens (tertiary/aromatic N) is 2. The molecule has 2 N–H and O–H groups in total. The van der Waals surface area contributed by atoms with Crippen LogP contribution in [0.5, 0.6) is 0 Å². The molecule has 2 fully saturated rings. The topological polar surface area (TPSA) is 118 Å². The molecular weight excluding hydrogens is 516 g/mol. The maximum atomic E-state index is 12.5. The average Bonchev–Trinajstić information content (AvgIpc) is 2.71. The van der Waals surface area contributed by atoms with Crippen LogP contribution >= 0.6 is 0 Å². The van der Waals surface area contributed by atoms with Crippen molar-refractivity contribution >= 4 is 11.9 Å². The highest BCUT2D eigenvalue weighted by Crippen LogP contribution is 2.45. The van der Waals surface area contributed by atoms with Gasteiger partial charge in [0.2, 0.25) is 11.6 Å². The molecule has 2 aliphatic heterocycles. The molecule has 0 atom stereocenters. The van der Waals surface area contributed by atoms with E-state index >= 15 is 0 Å². The standard InChI is InChI=1S/C30H56N2O8/c1-25(2)19-29(35,20-26(3,4)31(25)37-9)39-23(33)17-15-13-11-12-14-16-18-24(34)40-30(36)21-27(5,6)32(38-10)28(7,8)22-30/h35-36H,11-22H2,1-10H3. The summed E-state index contributed by atoms with van der Waals surface area (Å²) in [5.41, 5.74) is -1.98. The van der Waals surface area contributed by atoms with Crippen molar-refractivity contribution in [2.75, 3.05) is 14.2 Å². The third-order valence-corrected chi connectivity index (χ3v) is 8.02. The van der Waals surface area contributed by atoms with Gasteiger partial charge < -0.3 is 29.4 Å². The van der Waals surface area contributed by atoms with Gasteiger partial charge in [-0.3, -0.25) is 9.59 Å². The minimum atomic E-state index is -1.52. The van der Waals surface area contributed by atoms with Gasteiger partial charge in [0.15, 0.2) is 0 Å². The number of hydrogen-bond donors (Lipinski definition) is 2. The highest BCUT2D eigenvalue weighted by Gasteiger charge is 2.55. The molecule has 0 aromatic carbocycles. The summed E-state index contributed by atoms with van der Waals surface area (Å²) in [6, 6.07) is 0. The van der Waals surface area contributed by atoms with E-state index in [-0.39, 0.29) is 50.5 Å². The van der Waals surface area contributed by atoms with Crippen LogP contribution in [-0.2, 0) is 28.7 Å². The summed E-state index contributed by atoms with van der Waals surface area (Å²) >= 11 is 0. The molecule has 0 aliphatic carbocycles. The Morgan fingerprint density at radius 2 is 0.800 bits per heavy atom. The molecule has 0 amide bonds. The van der Waals surface area contributed by atoms with Gasteiger partial charge in [0.1, 0.15) is 0 Å². The summed E-state index contributed by atoms with van der Waals surface area (Å²) in [7, 11) is 3.23. The van der Waals surface area contributed by atoms with Gasteiger partial charge in [-0.25, -0.2) is 0 Å². The number of piperidine rings is 2. The van der Waals surface area contributed by atoms with Crippen molar-refractivity contribution in [2.45, 2.75) is 166 Å². The Labute approximate surface area is 241 Å². The summed E-state index contributed by atoms with van der Waals surface area (Å²) in [4.78, 5) is 36.1. The average molecular weight is 573 g/mol. The molecule has 0 unspecified atom stereocenters. The van der Waals surface area contributed by atoms with Crippen LogP contribution in [0.2, 0.25) is 0 Å². The first-order valence-corrected chi connectivity index (χ1v) is 14.8. The van der Waals surface area contributed by atoms with Gasteiger partial charge in [-0.05, 0) is 68.2 Å². The van der Waals surface area contributed by atoms with Gasteiger partial charge in [-0.15, -0.1) is 0 Å². The fourth-order valence-electron chi connectivity index (χ4n) is 7.66. The quantitative estimate of drug-likeness (QED) is 0.177. The third kappa shape index (κ3) is 9.10. The first-order valence-electron chi connectivity index (χ1n) is 14.8. The van der Waals surface area contributed by atoms with E-state index in [0.29, 0.717) is 12.8 Å². The molecule has 234 valence electrons. The zero-order chi connectivity index (χ0) is 30.6. The first kappa shape index (κ1) is 34.9. The van der Waals surface area contributed by atoms with Crippen molar-refractivity contribution in [2.24, 2.45) is 0 Å². The monoisotopic (exact) mass is 572 g/mol. The summed E-state index contributed by atoms with van der Waals surface area (Å²) in [5.74, 6) is -3.81. The van der Waals surface area contributed by atoms with Gasteiger partial charge in [0.25, 0.3) is 0 Å². The van der Waals surface area contributed by atoms with E-state index in [0.717, 1.165) is 25.7 Å². The number of esters is 2. The molecule has 2 rings (SSSR count). The van der Waals surface area contributed by atoms with Gasteiger partial charge in [0.05, 0.1) is 14.2 Å². The van der Waals surface area contributed by atoms with Crippen molar-refractivity contribution in [1.29, 1.82) is 0 Å². The van der Waals surface area contributed by atoms with Crippen LogP contribution in [0, 0.1) is 0 Å². The number of unbranched alkanes of at least 4 members (excludes halogenated alkanes) is 5. The van der Waals surface area contributed by atoms with Gasteiger partial charge in [-0.1, -0.05) is 25.7 Å². The molecule has 0 spiro atoms. The van der Waals surface area contributed by atoms with Crippen molar-refractivity contribution in [1.82, 2.24) is 10.1 Å². The van der Waals surface area contributed by atoms with Crippen LogP contribution < -0.4 is 0 Å². The molecule has 0 aromatic heterocycles. The zero-order valence-electron chi connectivity index (χ0n) is 26.7. The number of hydrogen-bond acceptors (Lipinski definition) is 10. The smallest absolute Gasteiger partial charge is 0.308 e. The normalized spacial score (nSPS) is 24.8. The lowest BCUT2D eigenvalue weighted by atomic mass is 9.78. The van der Waals surface area contributed by atoms with E-state index in [9.17, 15) is 19.8 Å². The first-order chi connectivity index (χ1) is 18.2. The van der Waals surface area contributed by atoms with Gasteiger partial charge in [-0.2, -0.15) is 10.1 Å². The Hall–Kier alpha value is -1.30. The van der Waals surface area contributed by atoms with Crippen LogP contribution in [0.15, 0.2) is 0 Å². The summed E-state index contributed by atoms with van der Waals surface area (Å²) in [5, 5.41) is 25.9. The molecule has 0 saturated carbocycles. The van der Waals surface area contributed by atoms with E-state index < -0.39 is 33.7 Å². The predicted molar refractivity (Wildman–Crippen MR) is 151 cm³/mol. The number of carbonyl (C=O) groups excluding carboxylic acids is 2. The molecule has 10 nitrogen and oxygen atoms in total. The molecule has 10 heteroatoms. The molecule has 2 aliphatic rings. The summed E-state index contributed by atoms with van der Waals surface area (Å²) in [6.45, 7) is 15.7. The maximum absolute atomic E-state index is 12.5. The molecule has 0 bridgehead atoms. The summed E-state index contributed by atoms with van der Waals surface area (Å²) < 4.78 is 11.2. The van der Waals surface area contributed by atoms with E-state index in [2.05, 4.69) is 0 Å². The molecular formula is C30H56N2O8. The molecule has 0 radical (unpaired) electrons. The van der Waals surface area contributed by atoms with E-state index in [1.165, 1.54) is 0 Å². The SMILES string of the molecule is CON1C(C)(C)CC(O)(OC(=O)CCCCCCCCC(=O)OC2(O)CC(C)(C)N(OC)C(C)(C)C2)CC1(C)C. The summed E-state index contributed by atoms with van der Waals surface area (Å²) in [6.07, 6.45) is 6.57. The van der Waals surface area contributed by atoms with Gasteiger partial charge in [0, 0.05) is 60.7 Å². The fourth-order valence-corrected chi connectivity index (χ4v) is 7.66. The van der Waals surface area contributed by atoms with Crippen LogP contribution in [0.4, 0.5) is 0 Å². The number of aliphatic hydroxyl groups is 2. The minimum absolute atomic E-state index is 0.259. The predicted octanol–water partition coefficient (Wildman–Crippen LogP) is 5.00. The van der Waals surface area contributed by atoms with E-state index in [4.69, 9.17) is 19.1 Å². The number of ether oxygens (including phenoxy) is 2. The lowest BCUT2D eigenvalue weighted by Gasteiger charge is -2.55. The Kier molecular flexibility index (Phi) is 11.3. The van der Waals surface area contributed by atoms with Gasteiger partial charge >= 0.3 is 11.9 Å². The lowest BCUT2D eigenvalue weighted by Crippen LogP contribution is -2.65. The highest BCUT2D eigenvalue weighted by atomic mass is 16.7. The number of hydroxylamine groups is 4. The van der Waals surface area contributed by atoms with Crippen LogP contribution in [0.25, 0.3) is 0 Å². The molecule has 0 aromatic rings. The molecule has 2 heterocycles. The second-order valence-electron chi connectivity index (χ2n) is 14.4. The second-order valence-corrected chi connectivity index (χ2v) is 14.4. The lowest BCUT2D eigenvalue weighted by molar-refractivity contribution is -0.331. The Balaban J connectivity index is 1.64. The van der Waals surface area contributed by atoms with Crippen molar-refractivity contribution in [3.05, 3.63) is 0 Å². The van der Waals surface area contributed by atoms with E-state index in [1.807, 2.05) is 65.5 Å². The largest absolute Gasteiger partial charge is 0.433 e.